The third-order valence-electron chi connectivity index (χ3n) is 4.71. The van der Waals surface area contributed by atoms with Crippen molar-refractivity contribution >= 4 is 40.8 Å². The van der Waals surface area contributed by atoms with Crippen LogP contribution in [0.2, 0.25) is 0 Å². The van der Waals surface area contributed by atoms with Gasteiger partial charge in [0.1, 0.15) is 5.60 Å². The average molecular weight is 450 g/mol. The van der Waals surface area contributed by atoms with Gasteiger partial charge in [0.05, 0.1) is 25.2 Å². The first kappa shape index (κ1) is 22.8. The van der Waals surface area contributed by atoms with E-state index in [0.717, 1.165) is 23.9 Å². The van der Waals surface area contributed by atoms with Crippen LogP contribution in [0.15, 0.2) is 17.0 Å². The number of nitrogens with zero attached hydrogens (tertiary/aromatic N) is 1. The van der Waals surface area contributed by atoms with E-state index in [1.165, 1.54) is 7.11 Å². The van der Waals surface area contributed by atoms with Gasteiger partial charge in [-0.1, -0.05) is 0 Å². The van der Waals surface area contributed by atoms with Crippen molar-refractivity contribution in [3.63, 3.8) is 0 Å². The number of thioether (sulfide) groups is 1. The zero-order valence-electron chi connectivity index (χ0n) is 18.2. The third kappa shape index (κ3) is 5.63. The molecule has 0 aliphatic carbocycles. The fourth-order valence-electron chi connectivity index (χ4n) is 3.41. The van der Waals surface area contributed by atoms with Crippen molar-refractivity contribution < 1.29 is 28.6 Å². The van der Waals surface area contributed by atoms with Crippen LogP contribution in [0.1, 0.15) is 32.8 Å². The molecule has 0 bridgehead atoms. The van der Waals surface area contributed by atoms with Gasteiger partial charge in [-0.25, -0.2) is 4.79 Å². The highest BCUT2D eigenvalue weighted by atomic mass is 32.2. The van der Waals surface area contributed by atoms with E-state index in [4.69, 9.17) is 14.2 Å². The molecule has 2 N–H and O–H groups in total. The van der Waals surface area contributed by atoms with Crippen LogP contribution in [0, 0.1) is 0 Å². The third-order valence-corrected chi connectivity index (χ3v) is 5.52. The minimum atomic E-state index is -0.567. The predicted octanol–water partition coefficient (Wildman–Crippen LogP) is 3.13. The monoisotopic (exact) mass is 449 g/mol. The minimum Gasteiger partial charge on any atom is -0.493 e. The molecule has 2 fully saturated rings. The first-order valence-corrected chi connectivity index (χ1v) is 10.7. The summed E-state index contributed by atoms with van der Waals surface area (Å²) in [5.41, 5.74) is 0.955. The molecular weight excluding hydrogens is 422 g/mol. The molecule has 2 aliphatic heterocycles. The van der Waals surface area contributed by atoms with E-state index < -0.39 is 22.8 Å². The van der Waals surface area contributed by atoms with Crippen LogP contribution < -0.4 is 25.0 Å². The highest BCUT2D eigenvalue weighted by molar-refractivity contribution is 8.18. The van der Waals surface area contributed by atoms with E-state index in [1.807, 2.05) is 26.8 Å². The molecule has 9 nitrogen and oxygen atoms in total. The van der Waals surface area contributed by atoms with Crippen LogP contribution in [-0.2, 0) is 9.53 Å². The number of carbonyl (C=O) groups excluding carboxylic acids is 3. The molecule has 2 aliphatic rings. The van der Waals surface area contributed by atoms with Gasteiger partial charge in [-0.05, 0) is 51.1 Å². The van der Waals surface area contributed by atoms with Crippen molar-refractivity contribution in [1.82, 2.24) is 10.6 Å². The number of ether oxygens (including phenoxy) is 3. The SMILES string of the molecule is COc1cc(/C=C2\SC(=O)NC2=O)c(N2CC[C@@H](NC(=O)OC(C)(C)C)C2)cc1OC. The maximum absolute atomic E-state index is 12.1. The summed E-state index contributed by atoms with van der Waals surface area (Å²) in [4.78, 5) is 38.1. The van der Waals surface area contributed by atoms with Gasteiger partial charge in [0.2, 0.25) is 0 Å². The molecule has 2 heterocycles. The van der Waals surface area contributed by atoms with Gasteiger partial charge in [0.25, 0.3) is 11.1 Å². The molecule has 3 amide bonds. The number of alkyl carbamates (subject to hydrolysis) is 1. The zero-order chi connectivity index (χ0) is 22.8. The van der Waals surface area contributed by atoms with E-state index in [1.54, 1.807) is 19.3 Å². The number of benzene rings is 1. The molecule has 0 unspecified atom stereocenters. The van der Waals surface area contributed by atoms with Crippen LogP contribution in [0.5, 0.6) is 11.5 Å². The summed E-state index contributed by atoms with van der Waals surface area (Å²) in [7, 11) is 3.08. The lowest BCUT2D eigenvalue weighted by molar-refractivity contribution is -0.115. The van der Waals surface area contributed by atoms with Gasteiger partial charge in [-0.2, -0.15) is 0 Å². The van der Waals surface area contributed by atoms with Crippen LogP contribution >= 0.6 is 11.8 Å². The number of imide groups is 1. The average Bonchev–Trinajstić information content (AvgIpc) is 3.25. The summed E-state index contributed by atoms with van der Waals surface area (Å²) in [6.45, 7) is 6.70. The normalized spacial score (nSPS) is 20.1. The van der Waals surface area contributed by atoms with Crippen molar-refractivity contribution in [1.29, 1.82) is 0 Å². The number of methoxy groups -OCH3 is 2. The van der Waals surface area contributed by atoms with E-state index in [2.05, 4.69) is 15.5 Å². The molecule has 2 saturated heterocycles. The Morgan fingerprint density at radius 3 is 2.48 bits per heavy atom. The number of amides is 3. The van der Waals surface area contributed by atoms with Crippen molar-refractivity contribution in [2.45, 2.75) is 38.8 Å². The lowest BCUT2D eigenvalue weighted by atomic mass is 10.1. The van der Waals surface area contributed by atoms with Gasteiger partial charge in [-0.15, -0.1) is 0 Å². The smallest absolute Gasteiger partial charge is 0.407 e. The topological polar surface area (TPSA) is 106 Å². The number of anilines is 1. The Kier molecular flexibility index (Phi) is 6.68. The minimum absolute atomic E-state index is 0.0887. The number of hydrogen-bond acceptors (Lipinski definition) is 8. The molecule has 0 aromatic heterocycles. The summed E-state index contributed by atoms with van der Waals surface area (Å²) < 4.78 is 16.2. The largest absolute Gasteiger partial charge is 0.493 e. The summed E-state index contributed by atoms with van der Waals surface area (Å²) in [6.07, 6.45) is 1.94. The van der Waals surface area contributed by atoms with Crippen LogP contribution in [0.4, 0.5) is 15.3 Å². The van der Waals surface area contributed by atoms with E-state index in [-0.39, 0.29) is 6.04 Å². The Morgan fingerprint density at radius 1 is 1.23 bits per heavy atom. The van der Waals surface area contributed by atoms with Crippen molar-refractivity contribution in [2.24, 2.45) is 0 Å². The van der Waals surface area contributed by atoms with E-state index in [0.29, 0.717) is 35.1 Å². The Bertz CT molecular complexity index is 924. The second kappa shape index (κ2) is 9.09. The number of rotatable bonds is 5. The quantitative estimate of drug-likeness (QED) is 0.661. The fraction of sp³-hybridized carbons (Fsp3) is 0.476. The standard InChI is InChI=1S/C21H27N3O6S/c1-21(2,3)30-19(26)22-13-6-7-24(11-13)14-10-16(29-5)15(28-4)8-12(14)9-17-18(25)23-20(27)31-17/h8-10,13H,6-7,11H2,1-5H3,(H,22,26)(H,23,25,27)/b17-9-/t13-/m1/s1. The second-order valence-electron chi connectivity index (χ2n) is 8.20. The molecule has 168 valence electrons. The summed E-state index contributed by atoms with van der Waals surface area (Å²) in [6, 6.07) is 3.52. The number of carbonyl (C=O) groups is 3. The van der Waals surface area contributed by atoms with Crippen molar-refractivity contribution in [2.75, 3.05) is 32.2 Å². The first-order chi connectivity index (χ1) is 14.6. The summed E-state index contributed by atoms with van der Waals surface area (Å²) in [5.74, 6) is 0.625. The molecule has 3 rings (SSSR count). The molecule has 0 spiro atoms. The van der Waals surface area contributed by atoms with E-state index >= 15 is 0 Å². The molecule has 0 saturated carbocycles. The molecule has 10 heteroatoms. The van der Waals surface area contributed by atoms with Crippen molar-refractivity contribution in [3.05, 3.63) is 22.6 Å². The highest BCUT2D eigenvalue weighted by Crippen LogP contribution is 2.39. The van der Waals surface area contributed by atoms with Crippen molar-refractivity contribution in [3.8, 4) is 11.5 Å². The van der Waals surface area contributed by atoms with Crippen LogP contribution in [0.25, 0.3) is 6.08 Å². The van der Waals surface area contributed by atoms with Gasteiger partial charge in [0.15, 0.2) is 11.5 Å². The van der Waals surface area contributed by atoms with E-state index in [9.17, 15) is 14.4 Å². The Balaban J connectivity index is 1.86. The molecule has 1 aromatic carbocycles. The molecule has 0 radical (unpaired) electrons. The van der Waals surface area contributed by atoms with Gasteiger partial charge < -0.3 is 24.4 Å². The summed E-state index contributed by atoms with van der Waals surface area (Å²) in [5, 5.41) is 4.76. The van der Waals surface area contributed by atoms with Gasteiger partial charge in [-0.3, -0.25) is 14.9 Å². The molecule has 31 heavy (non-hydrogen) atoms. The highest BCUT2D eigenvalue weighted by Gasteiger charge is 2.30. The zero-order valence-corrected chi connectivity index (χ0v) is 19.1. The molecule has 1 atom stereocenters. The number of nitrogens with one attached hydrogen (secondary N) is 2. The fourth-order valence-corrected chi connectivity index (χ4v) is 4.08. The Hall–Kier alpha value is -2.88. The lowest BCUT2D eigenvalue weighted by Gasteiger charge is -2.24. The molecular formula is C21H27N3O6S. The summed E-state index contributed by atoms with van der Waals surface area (Å²) >= 11 is 0.855. The number of hydrogen-bond donors (Lipinski definition) is 2. The maximum atomic E-state index is 12.1. The first-order valence-electron chi connectivity index (χ1n) is 9.85. The van der Waals surface area contributed by atoms with Gasteiger partial charge >= 0.3 is 6.09 Å². The lowest BCUT2D eigenvalue weighted by Crippen LogP contribution is -2.40. The second-order valence-corrected chi connectivity index (χ2v) is 9.21. The Morgan fingerprint density at radius 2 is 1.90 bits per heavy atom. The van der Waals surface area contributed by atoms with Crippen LogP contribution in [-0.4, -0.2) is 56.2 Å². The predicted molar refractivity (Wildman–Crippen MR) is 119 cm³/mol. The van der Waals surface area contributed by atoms with Gasteiger partial charge in [0, 0.05) is 30.4 Å². The Labute approximate surface area is 185 Å². The molecule has 1 aromatic rings. The maximum Gasteiger partial charge on any atom is 0.407 e. The van der Waals surface area contributed by atoms with Crippen LogP contribution in [0.3, 0.4) is 0 Å².